The highest BCUT2D eigenvalue weighted by molar-refractivity contribution is 6.26. The zero-order valence-electron chi connectivity index (χ0n) is 33.5. The molecule has 3 aliphatic rings. The highest BCUT2D eigenvalue weighted by Gasteiger charge is 2.53. The Labute approximate surface area is 354 Å². The van der Waals surface area contributed by atoms with Gasteiger partial charge in [0.25, 0.3) is 0 Å². The molecule has 0 N–H and O–H groups in total. The van der Waals surface area contributed by atoms with E-state index in [1.807, 2.05) is 0 Å². The van der Waals surface area contributed by atoms with Crippen LogP contribution in [0.1, 0.15) is 33.4 Å². The fraction of sp³-hybridized carbons (Fsp3) is 0.0492. The number of fused-ring (bicyclic) bond motifs is 20. The van der Waals surface area contributed by atoms with Crippen molar-refractivity contribution >= 4 is 53.9 Å². The second-order valence-corrected chi connectivity index (χ2v) is 17.3. The maximum absolute atomic E-state index is 2.62. The second kappa shape index (κ2) is 12.3. The van der Waals surface area contributed by atoms with E-state index in [1.165, 1.54) is 132 Å². The normalized spacial score (nSPS) is 15.7. The summed E-state index contributed by atoms with van der Waals surface area (Å²) in [4.78, 5) is 0. The van der Waals surface area contributed by atoms with Crippen LogP contribution in [0.3, 0.4) is 0 Å². The molecule has 0 radical (unpaired) electrons. The molecule has 0 nitrogen and oxygen atoms in total. The summed E-state index contributed by atoms with van der Waals surface area (Å²) < 4.78 is 0. The molecule has 0 saturated carbocycles. The van der Waals surface area contributed by atoms with Gasteiger partial charge in [0.05, 0.1) is 5.41 Å². The first-order valence-electron chi connectivity index (χ1n) is 21.7. The van der Waals surface area contributed by atoms with Crippen LogP contribution in [-0.2, 0) is 18.3 Å². The summed E-state index contributed by atoms with van der Waals surface area (Å²) in [6.45, 7) is 0. The van der Waals surface area contributed by atoms with Crippen LogP contribution in [0.5, 0.6) is 0 Å². The number of hydrogen-bond donors (Lipinski definition) is 0. The average molecular weight is 771 g/mol. The van der Waals surface area contributed by atoms with Crippen molar-refractivity contribution < 1.29 is 0 Å². The monoisotopic (exact) mass is 770 g/mol. The first kappa shape index (κ1) is 33.3. The van der Waals surface area contributed by atoms with E-state index in [4.69, 9.17) is 0 Å². The molecule has 0 heterocycles. The molecule has 0 amide bonds. The Morgan fingerprint density at radius 1 is 0.328 bits per heavy atom. The van der Waals surface area contributed by atoms with Crippen molar-refractivity contribution in [3.63, 3.8) is 0 Å². The zero-order valence-corrected chi connectivity index (χ0v) is 33.5. The fourth-order valence-corrected chi connectivity index (χ4v) is 12.1. The average Bonchev–Trinajstić information content (AvgIpc) is 3.80. The summed E-state index contributed by atoms with van der Waals surface area (Å²) >= 11 is 0. The molecule has 3 aliphatic carbocycles. The third kappa shape index (κ3) is 4.34. The molecule has 61 heavy (non-hydrogen) atoms. The first-order chi connectivity index (χ1) is 30.3. The minimum Gasteiger partial charge on any atom is -0.0838 e. The lowest BCUT2D eigenvalue weighted by molar-refractivity contribution is 0.803. The van der Waals surface area contributed by atoms with E-state index in [-0.39, 0.29) is 0 Å². The Hall–Kier alpha value is -7.54. The van der Waals surface area contributed by atoms with Crippen molar-refractivity contribution in [3.05, 3.63) is 240 Å². The zero-order chi connectivity index (χ0) is 39.8. The molecule has 282 valence electrons. The maximum atomic E-state index is 2.62. The van der Waals surface area contributed by atoms with Gasteiger partial charge in [0, 0.05) is 0 Å². The van der Waals surface area contributed by atoms with Crippen LogP contribution in [0.2, 0.25) is 0 Å². The highest BCUT2D eigenvalue weighted by atomic mass is 14.5. The van der Waals surface area contributed by atoms with E-state index in [0.717, 1.165) is 12.8 Å². The molecule has 1 spiro atoms. The lowest BCUT2D eigenvalue weighted by Crippen LogP contribution is -2.26. The van der Waals surface area contributed by atoms with Crippen molar-refractivity contribution in [3.8, 4) is 44.5 Å². The molecule has 0 heteroatoms. The maximum Gasteiger partial charge on any atom is 0.0732 e. The van der Waals surface area contributed by atoms with Gasteiger partial charge in [-0.2, -0.15) is 0 Å². The van der Waals surface area contributed by atoms with Crippen LogP contribution in [0.25, 0.3) is 98.4 Å². The highest BCUT2D eigenvalue weighted by Crippen LogP contribution is 2.66. The summed E-state index contributed by atoms with van der Waals surface area (Å²) in [6.07, 6.45) is 6.62. The smallest absolute Gasteiger partial charge is 0.0732 e. The van der Waals surface area contributed by atoms with Crippen LogP contribution in [0.15, 0.2) is 206 Å². The third-order valence-corrected chi connectivity index (χ3v) is 14.5. The Morgan fingerprint density at radius 3 is 1.77 bits per heavy atom. The Bertz CT molecular complexity index is 3760. The molecule has 0 aliphatic heterocycles. The van der Waals surface area contributed by atoms with Crippen molar-refractivity contribution in [2.24, 2.45) is 0 Å². The Balaban J connectivity index is 1.19. The number of rotatable bonds is 2. The van der Waals surface area contributed by atoms with E-state index in [1.54, 1.807) is 0 Å². The molecular formula is C61H38. The molecule has 11 aromatic rings. The summed E-state index contributed by atoms with van der Waals surface area (Å²) in [5, 5.41) is 13.0. The van der Waals surface area contributed by atoms with Gasteiger partial charge >= 0.3 is 0 Å². The molecule has 1 unspecified atom stereocenters. The van der Waals surface area contributed by atoms with Crippen LogP contribution in [0.4, 0.5) is 0 Å². The predicted octanol–water partition coefficient (Wildman–Crippen LogP) is 15.8. The molecular weight excluding hydrogens is 733 g/mol. The molecule has 11 aromatic carbocycles. The van der Waals surface area contributed by atoms with E-state index < -0.39 is 5.41 Å². The number of benzene rings is 11. The lowest BCUT2D eigenvalue weighted by atomic mass is 9.68. The summed E-state index contributed by atoms with van der Waals surface area (Å²) in [6, 6.07) is 74.2. The van der Waals surface area contributed by atoms with Gasteiger partial charge in [-0.25, -0.2) is 0 Å². The fourth-order valence-electron chi connectivity index (χ4n) is 12.1. The van der Waals surface area contributed by atoms with E-state index in [0.29, 0.717) is 0 Å². The van der Waals surface area contributed by atoms with Gasteiger partial charge in [-0.15, -0.1) is 0 Å². The number of allylic oxidation sites excluding steroid dienone is 2. The van der Waals surface area contributed by atoms with Crippen molar-refractivity contribution in [2.45, 2.75) is 18.3 Å². The SMILES string of the molecule is C1=CCc2c(cc3ccccc3c2-c2ccc3c(c2)C2(c4cc(-c5cccc6ccccc56)ccc4-3)c3ccccc3-c3c2c2c4ccccc4ccc2c2ccccc32)C1. The van der Waals surface area contributed by atoms with Crippen LogP contribution >= 0.6 is 0 Å². The summed E-state index contributed by atoms with van der Waals surface area (Å²) in [5.41, 5.74) is 18.3. The summed E-state index contributed by atoms with van der Waals surface area (Å²) in [5.74, 6) is 0. The van der Waals surface area contributed by atoms with Crippen molar-refractivity contribution in [2.75, 3.05) is 0 Å². The first-order valence-corrected chi connectivity index (χ1v) is 21.7. The largest absolute Gasteiger partial charge is 0.0838 e. The number of hydrogen-bond acceptors (Lipinski definition) is 0. The van der Waals surface area contributed by atoms with E-state index in [2.05, 4.69) is 206 Å². The van der Waals surface area contributed by atoms with Gasteiger partial charge in [-0.05, 0) is 157 Å². The molecule has 14 rings (SSSR count). The van der Waals surface area contributed by atoms with E-state index in [9.17, 15) is 0 Å². The van der Waals surface area contributed by atoms with Crippen molar-refractivity contribution in [1.29, 1.82) is 0 Å². The van der Waals surface area contributed by atoms with Gasteiger partial charge in [-0.3, -0.25) is 0 Å². The third-order valence-electron chi connectivity index (χ3n) is 14.5. The predicted molar refractivity (Wildman–Crippen MR) is 258 cm³/mol. The van der Waals surface area contributed by atoms with Crippen molar-refractivity contribution in [1.82, 2.24) is 0 Å². The minimum atomic E-state index is -0.593. The van der Waals surface area contributed by atoms with Gasteiger partial charge in [-0.1, -0.05) is 194 Å². The summed E-state index contributed by atoms with van der Waals surface area (Å²) in [7, 11) is 0. The minimum absolute atomic E-state index is 0.593. The van der Waals surface area contributed by atoms with Crippen LogP contribution < -0.4 is 0 Å². The van der Waals surface area contributed by atoms with Gasteiger partial charge in [0.2, 0.25) is 0 Å². The Morgan fingerprint density at radius 2 is 0.934 bits per heavy atom. The standard InChI is InChI=1S/C61H38/c1-5-19-43-37(14-1)18-13-26-44(43)41-29-31-49-50-32-30-42(57-46-21-7-3-16-39(46)34-40-17-4-8-22-47(40)57)36-56(50)61(55(49)35-41)54-27-12-11-25-53(54)59-51-24-10-9-23-48(51)52-33-28-38-15-2-6-20-45(38)58(52)60(59)61/h1-16,18-21,23-36H,17,22H2. The van der Waals surface area contributed by atoms with Gasteiger partial charge in [0.15, 0.2) is 0 Å². The van der Waals surface area contributed by atoms with E-state index >= 15 is 0 Å². The molecule has 1 atom stereocenters. The Kier molecular flexibility index (Phi) is 6.69. The second-order valence-electron chi connectivity index (χ2n) is 17.3. The quantitative estimate of drug-likeness (QED) is 0.121. The molecule has 0 saturated heterocycles. The lowest BCUT2D eigenvalue weighted by Gasteiger charge is -2.33. The molecule has 0 aromatic heterocycles. The van der Waals surface area contributed by atoms with Crippen LogP contribution in [0, 0.1) is 0 Å². The van der Waals surface area contributed by atoms with Gasteiger partial charge < -0.3 is 0 Å². The topological polar surface area (TPSA) is 0 Å². The van der Waals surface area contributed by atoms with Gasteiger partial charge in [0.1, 0.15) is 0 Å². The van der Waals surface area contributed by atoms with Crippen LogP contribution in [-0.4, -0.2) is 0 Å². The molecule has 0 fully saturated rings. The molecule has 0 bridgehead atoms.